The summed E-state index contributed by atoms with van der Waals surface area (Å²) >= 11 is 13.3. The molecule has 1 aliphatic heterocycles. The lowest BCUT2D eigenvalue weighted by atomic mass is 10.2. The van der Waals surface area contributed by atoms with E-state index in [1.165, 1.54) is 10.1 Å². The maximum absolute atomic E-state index is 6.10. The zero-order valence-electron chi connectivity index (χ0n) is 14.8. The second-order valence-corrected chi connectivity index (χ2v) is 7.88. The first kappa shape index (κ1) is 18.3. The number of methoxy groups -OCH3 is 1. The topological polar surface area (TPSA) is 40.6 Å². The Labute approximate surface area is 172 Å². The zero-order valence-corrected chi connectivity index (χ0v) is 17.2. The molecule has 1 aromatic heterocycles. The maximum Gasteiger partial charge on any atom is 0.173 e. The molecule has 0 saturated carbocycles. The summed E-state index contributed by atoms with van der Waals surface area (Å²) in [7, 11) is 1.63. The Morgan fingerprint density at radius 2 is 1.96 bits per heavy atom. The highest BCUT2D eigenvalue weighted by atomic mass is 35.5. The number of ether oxygens (including phenoxy) is 1. The molecular formula is C19H19ClN4OS2. The highest BCUT2D eigenvalue weighted by molar-refractivity contribution is 7.80. The van der Waals surface area contributed by atoms with Gasteiger partial charge in [-0.25, -0.2) is 0 Å². The van der Waals surface area contributed by atoms with Crippen LogP contribution in [0.4, 0.5) is 11.5 Å². The predicted molar refractivity (Wildman–Crippen MR) is 118 cm³/mol. The summed E-state index contributed by atoms with van der Waals surface area (Å²) in [6.45, 7) is 3.42. The third-order valence-electron chi connectivity index (χ3n) is 4.63. The number of thiocarbonyl (C=S) groups is 1. The molecule has 1 aliphatic rings. The van der Waals surface area contributed by atoms with Gasteiger partial charge in [-0.2, -0.15) is 4.37 Å². The number of fused-ring (bicyclic) bond motifs is 1. The molecule has 2 heterocycles. The van der Waals surface area contributed by atoms with E-state index in [0.29, 0.717) is 15.9 Å². The van der Waals surface area contributed by atoms with Crippen LogP contribution in [0.5, 0.6) is 5.75 Å². The summed E-state index contributed by atoms with van der Waals surface area (Å²) in [6.07, 6.45) is 0. The number of piperazine rings is 1. The third-order valence-corrected chi connectivity index (χ3v) is 6.04. The van der Waals surface area contributed by atoms with Crippen molar-refractivity contribution in [3.8, 4) is 5.75 Å². The Hall–Kier alpha value is -2.09. The van der Waals surface area contributed by atoms with Crippen molar-refractivity contribution in [3.05, 3.63) is 47.5 Å². The number of aromatic nitrogens is 1. The van der Waals surface area contributed by atoms with Crippen LogP contribution >= 0.6 is 35.4 Å². The maximum atomic E-state index is 6.10. The van der Waals surface area contributed by atoms with Gasteiger partial charge < -0.3 is 19.9 Å². The summed E-state index contributed by atoms with van der Waals surface area (Å²) in [5.74, 6) is 1.79. The number of hydrogen-bond acceptors (Lipinski definition) is 5. The molecule has 140 valence electrons. The lowest BCUT2D eigenvalue weighted by Crippen LogP contribution is -2.50. The first-order chi connectivity index (χ1) is 13.2. The number of rotatable bonds is 3. The van der Waals surface area contributed by atoms with E-state index in [4.69, 9.17) is 28.6 Å². The molecule has 1 N–H and O–H groups in total. The van der Waals surface area contributed by atoms with E-state index in [1.807, 2.05) is 12.1 Å². The van der Waals surface area contributed by atoms with E-state index in [0.717, 1.165) is 37.7 Å². The first-order valence-corrected chi connectivity index (χ1v) is 10.2. The van der Waals surface area contributed by atoms with Crippen LogP contribution in [0.3, 0.4) is 0 Å². The quantitative estimate of drug-likeness (QED) is 0.632. The fraction of sp³-hybridized carbons (Fsp3) is 0.263. The fourth-order valence-corrected chi connectivity index (χ4v) is 4.45. The van der Waals surface area contributed by atoms with Crippen molar-refractivity contribution in [3.63, 3.8) is 0 Å². The van der Waals surface area contributed by atoms with Crippen LogP contribution in [-0.4, -0.2) is 47.7 Å². The fourth-order valence-electron chi connectivity index (χ4n) is 3.19. The standard InChI is InChI=1S/C19H19ClN4OS2/c1-25-16-7-6-13(20)12-15(16)21-19(26)24-10-8-23(9-11-24)18-14-4-2-3-5-17(14)27-22-18/h2-7,12H,8-11H2,1H3,(H,21,26). The molecule has 2 aromatic carbocycles. The molecule has 0 atom stereocenters. The van der Waals surface area contributed by atoms with Crippen molar-refractivity contribution in [2.45, 2.75) is 0 Å². The van der Waals surface area contributed by atoms with Crippen LogP contribution in [0, 0.1) is 0 Å². The molecule has 0 amide bonds. The molecule has 0 bridgehead atoms. The average Bonchev–Trinajstić information content (AvgIpc) is 3.12. The number of halogens is 1. The third kappa shape index (κ3) is 3.81. The van der Waals surface area contributed by atoms with E-state index in [9.17, 15) is 0 Å². The molecule has 4 rings (SSSR count). The largest absolute Gasteiger partial charge is 0.495 e. The van der Waals surface area contributed by atoms with E-state index in [-0.39, 0.29) is 0 Å². The Morgan fingerprint density at radius 1 is 1.19 bits per heavy atom. The van der Waals surface area contributed by atoms with Gasteiger partial charge in [0.25, 0.3) is 0 Å². The average molecular weight is 419 g/mol. The molecular weight excluding hydrogens is 400 g/mol. The van der Waals surface area contributed by atoms with Crippen LogP contribution in [0.15, 0.2) is 42.5 Å². The molecule has 1 saturated heterocycles. The van der Waals surface area contributed by atoms with Crippen molar-refractivity contribution >= 4 is 62.1 Å². The number of anilines is 2. The summed E-state index contributed by atoms with van der Waals surface area (Å²) in [4.78, 5) is 4.50. The summed E-state index contributed by atoms with van der Waals surface area (Å²) < 4.78 is 11.3. The van der Waals surface area contributed by atoms with Gasteiger partial charge in [0.1, 0.15) is 11.6 Å². The number of nitrogens with zero attached hydrogens (tertiary/aromatic N) is 3. The number of nitrogens with one attached hydrogen (secondary N) is 1. The van der Waals surface area contributed by atoms with E-state index >= 15 is 0 Å². The Balaban J connectivity index is 1.42. The van der Waals surface area contributed by atoms with Gasteiger partial charge in [0.05, 0.1) is 17.5 Å². The van der Waals surface area contributed by atoms with Gasteiger partial charge in [-0.05, 0) is 54.1 Å². The lowest BCUT2D eigenvalue weighted by Gasteiger charge is -2.36. The highest BCUT2D eigenvalue weighted by Crippen LogP contribution is 2.30. The molecule has 27 heavy (non-hydrogen) atoms. The number of hydrogen-bond donors (Lipinski definition) is 1. The van der Waals surface area contributed by atoms with E-state index < -0.39 is 0 Å². The van der Waals surface area contributed by atoms with E-state index in [2.05, 4.69) is 43.8 Å². The second kappa shape index (κ2) is 7.88. The minimum atomic E-state index is 0.640. The highest BCUT2D eigenvalue weighted by Gasteiger charge is 2.22. The van der Waals surface area contributed by atoms with Crippen LogP contribution in [0.2, 0.25) is 5.02 Å². The van der Waals surface area contributed by atoms with Crippen molar-refractivity contribution in [2.24, 2.45) is 0 Å². The summed E-state index contributed by atoms with van der Waals surface area (Å²) in [6, 6.07) is 13.8. The molecule has 0 unspecified atom stereocenters. The molecule has 1 fully saturated rings. The van der Waals surface area contributed by atoms with Gasteiger partial charge in [0.2, 0.25) is 0 Å². The Bertz CT molecular complexity index is 969. The molecule has 0 spiro atoms. The van der Waals surface area contributed by atoms with Crippen LogP contribution in [0.25, 0.3) is 10.1 Å². The van der Waals surface area contributed by atoms with Gasteiger partial charge in [-0.15, -0.1) is 0 Å². The normalized spacial score (nSPS) is 14.4. The molecule has 0 radical (unpaired) electrons. The minimum absolute atomic E-state index is 0.640. The van der Waals surface area contributed by atoms with Gasteiger partial charge >= 0.3 is 0 Å². The van der Waals surface area contributed by atoms with Gasteiger partial charge in [-0.3, -0.25) is 0 Å². The first-order valence-electron chi connectivity index (χ1n) is 8.64. The smallest absolute Gasteiger partial charge is 0.173 e. The van der Waals surface area contributed by atoms with Crippen molar-refractivity contribution in [1.29, 1.82) is 0 Å². The predicted octanol–water partition coefficient (Wildman–Crippen LogP) is 4.48. The molecule has 8 heteroatoms. The summed E-state index contributed by atoms with van der Waals surface area (Å²) in [5, 5.41) is 5.81. The zero-order chi connectivity index (χ0) is 18.8. The van der Waals surface area contributed by atoms with Crippen LogP contribution in [-0.2, 0) is 0 Å². The Kier molecular flexibility index (Phi) is 5.33. The van der Waals surface area contributed by atoms with Crippen LogP contribution in [0.1, 0.15) is 0 Å². The van der Waals surface area contributed by atoms with Gasteiger partial charge in [0, 0.05) is 36.6 Å². The monoisotopic (exact) mass is 418 g/mol. The lowest BCUT2D eigenvalue weighted by molar-refractivity contribution is 0.389. The molecule has 5 nitrogen and oxygen atoms in total. The summed E-state index contributed by atoms with van der Waals surface area (Å²) in [5.41, 5.74) is 0.780. The molecule has 0 aliphatic carbocycles. The van der Waals surface area contributed by atoms with Crippen molar-refractivity contribution in [2.75, 3.05) is 43.5 Å². The Morgan fingerprint density at radius 3 is 2.74 bits per heavy atom. The van der Waals surface area contributed by atoms with Gasteiger partial charge in [-0.1, -0.05) is 23.7 Å². The van der Waals surface area contributed by atoms with E-state index in [1.54, 1.807) is 24.7 Å². The molecule has 3 aromatic rings. The van der Waals surface area contributed by atoms with Crippen LogP contribution < -0.4 is 15.0 Å². The number of benzene rings is 2. The van der Waals surface area contributed by atoms with Gasteiger partial charge in [0.15, 0.2) is 5.11 Å². The SMILES string of the molecule is COc1ccc(Cl)cc1NC(=S)N1CCN(c2nsc3ccccc23)CC1. The van der Waals surface area contributed by atoms with Crippen molar-refractivity contribution in [1.82, 2.24) is 9.27 Å². The van der Waals surface area contributed by atoms with Crippen molar-refractivity contribution < 1.29 is 4.74 Å². The second-order valence-electron chi connectivity index (χ2n) is 6.25. The minimum Gasteiger partial charge on any atom is -0.495 e.